The molecule has 4 nitrogen and oxygen atoms in total. The number of rotatable bonds is 5. The SMILES string of the molecule is CCc1ccc(N2C[C@@H](C(=O)NCc3ccccc3)CC2=O)cc1. The van der Waals surface area contributed by atoms with Crippen LogP contribution in [-0.4, -0.2) is 18.4 Å². The van der Waals surface area contributed by atoms with Gasteiger partial charge in [0.05, 0.1) is 5.92 Å². The Morgan fingerprint density at radius 1 is 1.08 bits per heavy atom. The Morgan fingerprint density at radius 3 is 2.46 bits per heavy atom. The van der Waals surface area contributed by atoms with E-state index in [-0.39, 0.29) is 24.2 Å². The summed E-state index contributed by atoms with van der Waals surface area (Å²) in [5.74, 6) is -0.328. The topological polar surface area (TPSA) is 49.4 Å². The van der Waals surface area contributed by atoms with Gasteiger partial charge in [0.25, 0.3) is 0 Å². The summed E-state index contributed by atoms with van der Waals surface area (Å²) in [6.07, 6.45) is 1.24. The number of nitrogens with one attached hydrogen (secondary N) is 1. The first-order valence-electron chi connectivity index (χ1n) is 8.38. The third-order valence-corrected chi connectivity index (χ3v) is 4.46. The summed E-state index contributed by atoms with van der Waals surface area (Å²) in [6, 6.07) is 17.8. The van der Waals surface area contributed by atoms with Crippen molar-refractivity contribution in [3.63, 3.8) is 0 Å². The first-order valence-corrected chi connectivity index (χ1v) is 8.38. The van der Waals surface area contributed by atoms with Crippen molar-refractivity contribution in [3.05, 3.63) is 65.7 Å². The fraction of sp³-hybridized carbons (Fsp3) is 0.300. The highest BCUT2D eigenvalue weighted by Crippen LogP contribution is 2.25. The molecular weight excluding hydrogens is 300 g/mol. The highest BCUT2D eigenvalue weighted by atomic mass is 16.2. The molecule has 0 saturated carbocycles. The van der Waals surface area contributed by atoms with E-state index in [1.807, 2.05) is 54.6 Å². The van der Waals surface area contributed by atoms with Crippen LogP contribution in [0.1, 0.15) is 24.5 Å². The van der Waals surface area contributed by atoms with Crippen molar-refractivity contribution in [1.82, 2.24) is 5.32 Å². The van der Waals surface area contributed by atoms with Crippen molar-refractivity contribution in [2.45, 2.75) is 26.3 Å². The van der Waals surface area contributed by atoms with Crippen LogP contribution >= 0.6 is 0 Å². The second kappa shape index (κ2) is 7.30. The summed E-state index contributed by atoms with van der Waals surface area (Å²) in [7, 11) is 0. The molecule has 24 heavy (non-hydrogen) atoms. The molecule has 1 aliphatic heterocycles. The maximum absolute atomic E-state index is 12.4. The second-order valence-corrected chi connectivity index (χ2v) is 6.13. The zero-order valence-corrected chi connectivity index (χ0v) is 13.9. The summed E-state index contributed by atoms with van der Waals surface area (Å²) in [4.78, 5) is 26.3. The lowest BCUT2D eigenvalue weighted by Gasteiger charge is -2.17. The highest BCUT2D eigenvalue weighted by molar-refractivity contribution is 6.00. The fourth-order valence-electron chi connectivity index (χ4n) is 2.97. The lowest BCUT2D eigenvalue weighted by atomic mass is 10.1. The van der Waals surface area contributed by atoms with E-state index in [1.54, 1.807) is 4.90 Å². The molecule has 1 aliphatic rings. The van der Waals surface area contributed by atoms with Gasteiger partial charge < -0.3 is 10.2 Å². The average Bonchev–Trinajstić information content (AvgIpc) is 3.02. The first kappa shape index (κ1) is 16.2. The van der Waals surface area contributed by atoms with E-state index >= 15 is 0 Å². The number of amides is 2. The Labute approximate surface area is 142 Å². The molecule has 0 bridgehead atoms. The maximum atomic E-state index is 12.4. The van der Waals surface area contributed by atoms with Crippen LogP contribution in [0.5, 0.6) is 0 Å². The molecule has 4 heteroatoms. The largest absolute Gasteiger partial charge is 0.352 e. The molecule has 1 atom stereocenters. The number of hydrogen-bond donors (Lipinski definition) is 1. The van der Waals surface area contributed by atoms with Crippen LogP contribution in [0.2, 0.25) is 0 Å². The van der Waals surface area contributed by atoms with E-state index in [1.165, 1.54) is 5.56 Å². The van der Waals surface area contributed by atoms with Crippen LogP contribution in [0.25, 0.3) is 0 Å². The van der Waals surface area contributed by atoms with E-state index < -0.39 is 0 Å². The lowest BCUT2D eigenvalue weighted by Crippen LogP contribution is -2.32. The molecule has 1 saturated heterocycles. The standard InChI is InChI=1S/C20H22N2O2/c1-2-15-8-10-18(11-9-15)22-14-17(12-19(22)23)20(24)21-13-16-6-4-3-5-7-16/h3-11,17H,2,12-14H2,1H3,(H,21,24)/t17-/m0/s1. The number of carbonyl (C=O) groups excluding carboxylic acids is 2. The molecule has 2 amide bonds. The van der Waals surface area contributed by atoms with Crippen LogP contribution in [0, 0.1) is 5.92 Å². The van der Waals surface area contributed by atoms with E-state index in [9.17, 15) is 9.59 Å². The molecule has 0 unspecified atom stereocenters. The molecule has 1 fully saturated rings. The fourth-order valence-corrected chi connectivity index (χ4v) is 2.97. The Kier molecular flexibility index (Phi) is 4.94. The minimum absolute atomic E-state index is 0.0131. The number of carbonyl (C=O) groups is 2. The van der Waals surface area contributed by atoms with Gasteiger partial charge in [0.1, 0.15) is 0 Å². The Hall–Kier alpha value is -2.62. The molecule has 3 rings (SSSR count). The minimum atomic E-state index is -0.285. The van der Waals surface area contributed by atoms with Crippen LogP contribution in [0.15, 0.2) is 54.6 Å². The number of benzene rings is 2. The van der Waals surface area contributed by atoms with Gasteiger partial charge in [-0.05, 0) is 29.7 Å². The second-order valence-electron chi connectivity index (χ2n) is 6.13. The third kappa shape index (κ3) is 3.65. The maximum Gasteiger partial charge on any atom is 0.227 e. The predicted molar refractivity (Wildman–Crippen MR) is 94.6 cm³/mol. The number of hydrogen-bond acceptors (Lipinski definition) is 2. The molecule has 2 aromatic rings. The van der Waals surface area contributed by atoms with Crippen LogP contribution in [0.4, 0.5) is 5.69 Å². The number of aryl methyl sites for hydroxylation is 1. The van der Waals surface area contributed by atoms with Gasteiger partial charge in [-0.3, -0.25) is 9.59 Å². The van der Waals surface area contributed by atoms with Gasteiger partial charge in [-0.15, -0.1) is 0 Å². The van der Waals surface area contributed by atoms with Crippen molar-refractivity contribution >= 4 is 17.5 Å². The van der Waals surface area contributed by atoms with Crippen LogP contribution < -0.4 is 10.2 Å². The molecule has 0 aromatic heterocycles. The minimum Gasteiger partial charge on any atom is -0.352 e. The molecule has 0 spiro atoms. The quantitative estimate of drug-likeness (QED) is 0.920. The van der Waals surface area contributed by atoms with Crippen LogP contribution in [0.3, 0.4) is 0 Å². The zero-order chi connectivity index (χ0) is 16.9. The molecule has 0 radical (unpaired) electrons. The van der Waals surface area contributed by atoms with E-state index in [4.69, 9.17) is 0 Å². The van der Waals surface area contributed by atoms with Crippen LogP contribution in [-0.2, 0) is 22.6 Å². The van der Waals surface area contributed by atoms with Gasteiger partial charge in [0.15, 0.2) is 0 Å². The predicted octanol–water partition coefficient (Wildman–Crippen LogP) is 2.92. The summed E-state index contributed by atoms with van der Waals surface area (Å²) in [5, 5.41) is 2.93. The normalized spacial score (nSPS) is 17.1. The molecule has 124 valence electrons. The molecule has 0 aliphatic carbocycles. The summed E-state index contributed by atoms with van der Waals surface area (Å²) in [5.41, 5.74) is 3.17. The zero-order valence-electron chi connectivity index (χ0n) is 13.9. The van der Waals surface area contributed by atoms with Gasteiger partial charge >= 0.3 is 0 Å². The van der Waals surface area contributed by atoms with E-state index in [0.29, 0.717) is 13.1 Å². The Bertz CT molecular complexity index is 710. The number of nitrogens with zero attached hydrogens (tertiary/aromatic N) is 1. The van der Waals surface area contributed by atoms with Gasteiger partial charge in [0, 0.05) is 25.2 Å². The summed E-state index contributed by atoms with van der Waals surface area (Å²) < 4.78 is 0. The van der Waals surface area contributed by atoms with Gasteiger partial charge in [-0.2, -0.15) is 0 Å². The summed E-state index contributed by atoms with van der Waals surface area (Å²) >= 11 is 0. The lowest BCUT2D eigenvalue weighted by molar-refractivity contribution is -0.126. The van der Waals surface area contributed by atoms with Crippen molar-refractivity contribution < 1.29 is 9.59 Å². The molecule has 1 heterocycles. The monoisotopic (exact) mass is 322 g/mol. The smallest absolute Gasteiger partial charge is 0.227 e. The van der Waals surface area contributed by atoms with E-state index in [0.717, 1.165) is 17.7 Å². The van der Waals surface area contributed by atoms with Gasteiger partial charge in [-0.1, -0.05) is 49.4 Å². The van der Waals surface area contributed by atoms with E-state index in [2.05, 4.69) is 12.2 Å². The van der Waals surface area contributed by atoms with Crippen molar-refractivity contribution in [1.29, 1.82) is 0 Å². The number of anilines is 1. The van der Waals surface area contributed by atoms with Gasteiger partial charge in [-0.25, -0.2) is 0 Å². The summed E-state index contributed by atoms with van der Waals surface area (Å²) in [6.45, 7) is 3.05. The third-order valence-electron chi connectivity index (χ3n) is 4.46. The Balaban J connectivity index is 1.60. The average molecular weight is 322 g/mol. The van der Waals surface area contributed by atoms with Crippen molar-refractivity contribution in [2.24, 2.45) is 5.92 Å². The first-order chi connectivity index (χ1) is 11.7. The van der Waals surface area contributed by atoms with Crippen molar-refractivity contribution in [2.75, 3.05) is 11.4 Å². The van der Waals surface area contributed by atoms with Crippen molar-refractivity contribution in [3.8, 4) is 0 Å². The highest BCUT2D eigenvalue weighted by Gasteiger charge is 2.34. The molecule has 2 aromatic carbocycles. The molecule has 1 N–H and O–H groups in total. The molecular formula is C20H22N2O2. The van der Waals surface area contributed by atoms with Gasteiger partial charge in [0.2, 0.25) is 11.8 Å². The Morgan fingerprint density at radius 2 is 1.79 bits per heavy atom.